The van der Waals surface area contributed by atoms with Crippen molar-refractivity contribution >= 4 is 11.8 Å². The Hall–Kier alpha value is -2.84. The molecule has 0 saturated carbocycles. The molecule has 4 rings (SSSR count). The van der Waals surface area contributed by atoms with Crippen molar-refractivity contribution in [2.75, 3.05) is 13.1 Å². The monoisotopic (exact) mass is 490 g/mol. The van der Waals surface area contributed by atoms with Crippen LogP contribution in [0.1, 0.15) is 56.7 Å². The van der Waals surface area contributed by atoms with Gasteiger partial charge in [0.2, 0.25) is 11.8 Å². The van der Waals surface area contributed by atoms with Gasteiger partial charge in [0, 0.05) is 43.4 Å². The first-order valence-electron chi connectivity index (χ1n) is 12.3. The Bertz CT molecular complexity index is 1080. The second-order valence-electron chi connectivity index (χ2n) is 10.0. The van der Waals surface area contributed by atoms with Crippen molar-refractivity contribution in [1.29, 1.82) is 0 Å². The highest BCUT2D eigenvalue weighted by molar-refractivity contribution is 5.96. The summed E-state index contributed by atoms with van der Waals surface area (Å²) in [6, 6.07) is 0. The molecule has 1 aromatic heterocycles. The zero-order valence-electron chi connectivity index (χ0n) is 20.5. The highest BCUT2D eigenvalue weighted by Gasteiger charge is 2.59. The first-order valence-corrected chi connectivity index (χ1v) is 12.3. The van der Waals surface area contributed by atoms with Crippen LogP contribution in [0.4, 0.5) is 13.2 Å². The molecule has 0 aromatic carbocycles. The summed E-state index contributed by atoms with van der Waals surface area (Å²) in [5.41, 5.74) is 2.42. The number of alkyl halides is 3. The fourth-order valence-corrected chi connectivity index (χ4v) is 5.60. The van der Waals surface area contributed by atoms with Gasteiger partial charge >= 0.3 is 6.18 Å². The zero-order chi connectivity index (χ0) is 25.5. The molecule has 1 aliphatic carbocycles. The molecule has 190 valence electrons. The molecule has 2 aliphatic heterocycles. The van der Waals surface area contributed by atoms with E-state index in [1.165, 1.54) is 0 Å². The van der Waals surface area contributed by atoms with Gasteiger partial charge < -0.3 is 14.4 Å². The Kier molecular flexibility index (Phi) is 6.72. The molecule has 0 N–H and O–H groups in total. The molecule has 1 aromatic rings. The van der Waals surface area contributed by atoms with Crippen molar-refractivity contribution in [3.63, 3.8) is 0 Å². The number of hydrogen-bond acceptors (Lipinski definition) is 3. The molecular weight excluding hydrogens is 457 g/mol. The summed E-state index contributed by atoms with van der Waals surface area (Å²) in [6.45, 7) is 12.4. The minimum absolute atomic E-state index is 0.00155. The average Bonchev–Trinajstić information content (AvgIpc) is 3.23. The summed E-state index contributed by atoms with van der Waals surface area (Å²) >= 11 is 0. The van der Waals surface area contributed by atoms with Crippen molar-refractivity contribution in [2.45, 2.75) is 71.6 Å². The summed E-state index contributed by atoms with van der Waals surface area (Å²) in [4.78, 5) is 34.3. The van der Waals surface area contributed by atoms with Gasteiger partial charge in [0.1, 0.15) is 11.2 Å². The van der Waals surface area contributed by atoms with E-state index in [1.807, 2.05) is 18.4 Å². The van der Waals surface area contributed by atoms with Crippen molar-refractivity contribution < 1.29 is 22.8 Å². The maximum absolute atomic E-state index is 13.8. The lowest BCUT2D eigenvalue weighted by atomic mass is 9.73. The van der Waals surface area contributed by atoms with E-state index < -0.39 is 18.0 Å². The second-order valence-corrected chi connectivity index (χ2v) is 10.0. The Labute approximate surface area is 204 Å². The molecule has 0 bridgehead atoms. The van der Waals surface area contributed by atoms with Crippen LogP contribution in [0.2, 0.25) is 0 Å². The van der Waals surface area contributed by atoms with Crippen LogP contribution in [-0.2, 0) is 35.5 Å². The van der Waals surface area contributed by atoms with Gasteiger partial charge in [-0.25, -0.2) is 4.98 Å². The Morgan fingerprint density at radius 1 is 1.17 bits per heavy atom. The maximum Gasteiger partial charge on any atom is 0.389 e. The molecule has 3 aliphatic rings. The molecule has 0 radical (unpaired) electrons. The Morgan fingerprint density at radius 2 is 1.86 bits per heavy atom. The number of likely N-dealkylation sites (tertiary alicyclic amines) is 1. The molecule has 1 saturated heterocycles. The van der Waals surface area contributed by atoms with E-state index in [0.717, 1.165) is 42.6 Å². The molecule has 1 fully saturated rings. The van der Waals surface area contributed by atoms with Gasteiger partial charge in [0.25, 0.3) is 0 Å². The Morgan fingerprint density at radius 3 is 2.46 bits per heavy atom. The summed E-state index contributed by atoms with van der Waals surface area (Å²) in [7, 11) is 0. The number of fused-ring (bicyclic) bond motifs is 1. The molecule has 9 heteroatoms. The van der Waals surface area contributed by atoms with Crippen LogP contribution < -0.4 is 0 Å². The predicted molar refractivity (Wildman–Crippen MR) is 126 cm³/mol. The van der Waals surface area contributed by atoms with Crippen molar-refractivity contribution in [1.82, 2.24) is 19.4 Å². The SMILES string of the molecule is C=CC1=C(C=C)C2(CN(C(=O)C(C)C)C2)C(=O)N1Cc1nc2c(n1CCCC(F)(F)F)CCCC2. The molecule has 0 atom stereocenters. The van der Waals surface area contributed by atoms with Crippen LogP contribution in [0.25, 0.3) is 0 Å². The fraction of sp³-hybridized carbons (Fsp3) is 0.577. The van der Waals surface area contributed by atoms with Gasteiger partial charge in [-0.1, -0.05) is 33.1 Å². The minimum Gasteiger partial charge on any atom is -0.339 e. The average molecular weight is 491 g/mol. The summed E-state index contributed by atoms with van der Waals surface area (Å²) in [5, 5.41) is 0. The highest BCUT2D eigenvalue weighted by atomic mass is 19.4. The van der Waals surface area contributed by atoms with Gasteiger partial charge in [-0.3, -0.25) is 9.59 Å². The summed E-state index contributed by atoms with van der Waals surface area (Å²) < 4.78 is 40.3. The lowest BCUT2D eigenvalue weighted by Crippen LogP contribution is -2.63. The van der Waals surface area contributed by atoms with Crippen molar-refractivity contribution in [3.8, 4) is 0 Å². The van der Waals surface area contributed by atoms with E-state index in [9.17, 15) is 22.8 Å². The molecule has 0 unspecified atom stereocenters. The van der Waals surface area contributed by atoms with Crippen LogP contribution in [-0.4, -0.2) is 50.4 Å². The van der Waals surface area contributed by atoms with Crippen LogP contribution in [0, 0.1) is 11.3 Å². The third kappa shape index (κ3) is 4.45. The lowest BCUT2D eigenvalue weighted by molar-refractivity contribution is -0.154. The number of rotatable bonds is 8. The van der Waals surface area contributed by atoms with Gasteiger partial charge in [-0.15, -0.1) is 0 Å². The lowest BCUT2D eigenvalue weighted by Gasteiger charge is -2.48. The molecule has 3 heterocycles. The van der Waals surface area contributed by atoms with Gasteiger partial charge in [-0.05, 0) is 43.8 Å². The standard InChI is InChI=1S/C26H33F3N4O2/c1-5-18-20(6-2)33(24(35)25(18)15-31(16-25)23(34)17(3)4)14-22-30-19-10-7-8-11-21(19)32(22)13-9-12-26(27,28)29/h5-6,17H,1-2,7-16H2,3-4H3. The number of nitrogens with zero attached hydrogens (tertiary/aromatic N) is 4. The van der Waals surface area contributed by atoms with E-state index in [1.54, 1.807) is 22.0 Å². The molecule has 35 heavy (non-hydrogen) atoms. The van der Waals surface area contributed by atoms with Crippen LogP contribution in [0.15, 0.2) is 36.6 Å². The van der Waals surface area contributed by atoms with E-state index in [4.69, 9.17) is 4.98 Å². The van der Waals surface area contributed by atoms with E-state index in [-0.39, 0.29) is 50.3 Å². The minimum atomic E-state index is -4.21. The smallest absolute Gasteiger partial charge is 0.339 e. The zero-order valence-corrected chi connectivity index (χ0v) is 20.5. The van der Waals surface area contributed by atoms with Crippen molar-refractivity contribution in [3.05, 3.63) is 53.8 Å². The third-order valence-electron chi connectivity index (χ3n) is 7.31. The number of halogens is 3. The summed E-state index contributed by atoms with van der Waals surface area (Å²) in [5.74, 6) is 0.295. The number of carbonyl (C=O) groups excluding carboxylic acids is 2. The van der Waals surface area contributed by atoms with E-state index >= 15 is 0 Å². The van der Waals surface area contributed by atoms with Crippen LogP contribution in [0.5, 0.6) is 0 Å². The number of hydrogen-bond donors (Lipinski definition) is 0. The number of amides is 2. The third-order valence-corrected chi connectivity index (χ3v) is 7.31. The second kappa shape index (κ2) is 9.32. The molecule has 6 nitrogen and oxygen atoms in total. The van der Waals surface area contributed by atoms with Gasteiger partial charge in [0.15, 0.2) is 0 Å². The first kappa shape index (κ1) is 25.3. The number of aromatic nitrogens is 2. The largest absolute Gasteiger partial charge is 0.389 e. The van der Waals surface area contributed by atoms with Crippen LogP contribution >= 0.6 is 0 Å². The summed E-state index contributed by atoms with van der Waals surface area (Å²) in [6.07, 6.45) is 1.72. The normalized spacial score (nSPS) is 19.4. The van der Waals surface area contributed by atoms with E-state index in [0.29, 0.717) is 11.5 Å². The first-order chi connectivity index (χ1) is 16.5. The van der Waals surface area contributed by atoms with Crippen molar-refractivity contribution in [2.24, 2.45) is 11.3 Å². The number of allylic oxidation sites excluding steroid dienone is 2. The van der Waals surface area contributed by atoms with Gasteiger partial charge in [0.05, 0.1) is 12.2 Å². The molecule has 1 spiro atoms. The number of carbonyl (C=O) groups is 2. The molecular formula is C26H33F3N4O2. The fourth-order valence-electron chi connectivity index (χ4n) is 5.60. The highest BCUT2D eigenvalue weighted by Crippen LogP contribution is 2.48. The maximum atomic E-state index is 13.8. The predicted octanol–water partition coefficient (Wildman–Crippen LogP) is 4.56. The number of aryl methyl sites for hydroxylation is 1. The van der Waals surface area contributed by atoms with Crippen LogP contribution in [0.3, 0.4) is 0 Å². The Balaban J connectivity index is 1.62. The molecule has 2 amide bonds. The topological polar surface area (TPSA) is 58.4 Å². The number of imidazole rings is 1. The van der Waals surface area contributed by atoms with E-state index in [2.05, 4.69) is 13.2 Å². The quantitative estimate of drug-likeness (QED) is 0.537. The van der Waals surface area contributed by atoms with Gasteiger partial charge in [-0.2, -0.15) is 13.2 Å².